The van der Waals surface area contributed by atoms with Crippen LogP contribution in [0, 0.1) is 0 Å². The highest BCUT2D eigenvalue weighted by Crippen LogP contribution is 2.26. The molecule has 3 N–H and O–H groups in total. The Balaban J connectivity index is 2.93. The Labute approximate surface area is 89.8 Å². The summed E-state index contributed by atoms with van der Waals surface area (Å²) in [6.45, 7) is 3.29. The molecular formula is C10H19N3O2. The first-order chi connectivity index (χ1) is 7.24. The van der Waals surface area contributed by atoms with E-state index in [2.05, 4.69) is 12.0 Å². The average molecular weight is 213 g/mol. The van der Waals surface area contributed by atoms with Crippen LogP contribution in [0.5, 0.6) is 5.75 Å². The largest absolute Gasteiger partial charge is 0.493 e. The van der Waals surface area contributed by atoms with Gasteiger partial charge in [0, 0.05) is 6.54 Å². The summed E-state index contributed by atoms with van der Waals surface area (Å²) in [5, 5.41) is 14.1. The number of hydrogen-bond acceptors (Lipinski definition) is 4. The maximum Gasteiger partial charge on any atom is 0.162 e. The molecule has 0 radical (unpaired) electrons. The van der Waals surface area contributed by atoms with E-state index >= 15 is 0 Å². The lowest BCUT2D eigenvalue weighted by Gasteiger charge is -2.13. The Morgan fingerprint density at radius 1 is 1.67 bits per heavy atom. The van der Waals surface area contributed by atoms with E-state index in [4.69, 9.17) is 10.5 Å². The number of aliphatic hydroxyl groups excluding tert-OH is 1. The third-order valence-electron chi connectivity index (χ3n) is 2.26. The fourth-order valence-corrected chi connectivity index (χ4v) is 1.56. The Bertz CT molecular complexity index is 299. The van der Waals surface area contributed by atoms with Crippen LogP contribution in [0.2, 0.25) is 0 Å². The minimum Gasteiger partial charge on any atom is -0.493 e. The summed E-state index contributed by atoms with van der Waals surface area (Å²) < 4.78 is 6.93. The minimum atomic E-state index is -0.598. The number of nitrogens with zero attached hydrogens (tertiary/aromatic N) is 2. The molecule has 0 amide bonds. The molecule has 0 aliphatic carbocycles. The Kier molecular flexibility index (Phi) is 4.58. The number of aromatic nitrogens is 2. The van der Waals surface area contributed by atoms with Gasteiger partial charge in [-0.15, -0.1) is 0 Å². The van der Waals surface area contributed by atoms with Gasteiger partial charge in [-0.25, -0.2) is 0 Å². The molecule has 0 aliphatic heterocycles. The summed E-state index contributed by atoms with van der Waals surface area (Å²) in [7, 11) is 1.58. The molecule has 1 heterocycles. The van der Waals surface area contributed by atoms with Crippen molar-refractivity contribution in [1.82, 2.24) is 9.78 Å². The third kappa shape index (κ3) is 2.70. The molecule has 5 nitrogen and oxygen atoms in total. The summed E-state index contributed by atoms with van der Waals surface area (Å²) in [5.74, 6) is 0.629. The van der Waals surface area contributed by atoms with Crippen LogP contribution in [0.4, 0.5) is 0 Å². The van der Waals surface area contributed by atoms with Crippen LogP contribution >= 0.6 is 0 Å². The number of rotatable bonds is 6. The molecule has 0 saturated carbocycles. The van der Waals surface area contributed by atoms with Crippen molar-refractivity contribution in [2.45, 2.75) is 32.4 Å². The highest BCUT2D eigenvalue weighted by atomic mass is 16.5. The van der Waals surface area contributed by atoms with Gasteiger partial charge in [0.05, 0.1) is 13.3 Å². The van der Waals surface area contributed by atoms with E-state index in [0.29, 0.717) is 18.7 Å². The molecule has 0 spiro atoms. The monoisotopic (exact) mass is 213 g/mol. The summed E-state index contributed by atoms with van der Waals surface area (Å²) in [6.07, 6.45) is 2.52. The van der Waals surface area contributed by atoms with Gasteiger partial charge in [0.15, 0.2) is 5.75 Å². The van der Waals surface area contributed by atoms with Crippen molar-refractivity contribution in [1.29, 1.82) is 0 Å². The van der Waals surface area contributed by atoms with Crippen LogP contribution in [0.25, 0.3) is 0 Å². The summed E-state index contributed by atoms with van der Waals surface area (Å²) >= 11 is 0. The Morgan fingerprint density at radius 2 is 2.40 bits per heavy atom. The van der Waals surface area contributed by atoms with Gasteiger partial charge in [-0.3, -0.25) is 4.68 Å². The van der Waals surface area contributed by atoms with Crippen LogP contribution in [-0.2, 0) is 6.54 Å². The predicted octanol–water partition coefficient (Wildman–Crippen LogP) is 0.684. The maximum absolute atomic E-state index is 9.91. The topological polar surface area (TPSA) is 73.3 Å². The molecule has 1 unspecified atom stereocenters. The quantitative estimate of drug-likeness (QED) is 0.729. The number of aryl methyl sites for hydroxylation is 1. The lowest BCUT2D eigenvalue weighted by molar-refractivity contribution is 0.154. The zero-order chi connectivity index (χ0) is 11.3. The lowest BCUT2D eigenvalue weighted by Crippen LogP contribution is -2.13. The van der Waals surface area contributed by atoms with Gasteiger partial charge >= 0.3 is 0 Å². The van der Waals surface area contributed by atoms with Gasteiger partial charge < -0.3 is 15.6 Å². The smallest absolute Gasteiger partial charge is 0.162 e. The van der Waals surface area contributed by atoms with E-state index in [1.54, 1.807) is 18.0 Å². The standard InChI is InChI=1S/C10H19N3O2/c1-3-6-13-10(8(14)4-5-11)9(15-2)7-12-13/h7-8,14H,3-6,11H2,1-2H3. The van der Waals surface area contributed by atoms with E-state index < -0.39 is 6.10 Å². The molecule has 1 atom stereocenters. The summed E-state index contributed by atoms with van der Waals surface area (Å²) in [5.41, 5.74) is 6.15. The van der Waals surface area contributed by atoms with Gasteiger partial charge in [-0.1, -0.05) is 6.92 Å². The fourth-order valence-electron chi connectivity index (χ4n) is 1.56. The second-order valence-corrected chi connectivity index (χ2v) is 3.41. The first-order valence-corrected chi connectivity index (χ1v) is 5.22. The number of nitrogens with two attached hydrogens (primary N) is 1. The number of hydrogen-bond donors (Lipinski definition) is 2. The summed E-state index contributed by atoms with van der Waals surface area (Å²) in [4.78, 5) is 0. The Hall–Kier alpha value is -1.07. The normalized spacial score (nSPS) is 12.8. The number of aliphatic hydroxyl groups is 1. The molecule has 5 heteroatoms. The van der Waals surface area contributed by atoms with Crippen LogP contribution in [0.15, 0.2) is 6.20 Å². The van der Waals surface area contributed by atoms with Gasteiger partial charge in [-0.2, -0.15) is 5.10 Å². The molecule has 0 bridgehead atoms. The van der Waals surface area contributed by atoms with Gasteiger partial charge in [0.25, 0.3) is 0 Å². The van der Waals surface area contributed by atoms with Crippen molar-refractivity contribution in [3.05, 3.63) is 11.9 Å². The predicted molar refractivity (Wildman–Crippen MR) is 57.7 cm³/mol. The molecule has 1 aromatic heterocycles. The molecule has 1 rings (SSSR count). The average Bonchev–Trinajstić information content (AvgIpc) is 2.62. The fraction of sp³-hybridized carbons (Fsp3) is 0.700. The van der Waals surface area contributed by atoms with E-state index in [0.717, 1.165) is 18.7 Å². The molecule has 0 aliphatic rings. The van der Waals surface area contributed by atoms with Crippen molar-refractivity contribution >= 4 is 0 Å². The minimum absolute atomic E-state index is 0.446. The van der Waals surface area contributed by atoms with Crippen LogP contribution in [-0.4, -0.2) is 28.5 Å². The van der Waals surface area contributed by atoms with Crippen LogP contribution < -0.4 is 10.5 Å². The van der Waals surface area contributed by atoms with E-state index in [9.17, 15) is 5.11 Å². The van der Waals surface area contributed by atoms with Crippen molar-refractivity contribution in [3.8, 4) is 5.75 Å². The van der Waals surface area contributed by atoms with E-state index in [1.165, 1.54) is 0 Å². The van der Waals surface area contributed by atoms with Gasteiger partial charge in [-0.05, 0) is 19.4 Å². The van der Waals surface area contributed by atoms with Crippen molar-refractivity contribution in [2.75, 3.05) is 13.7 Å². The van der Waals surface area contributed by atoms with Gasteiger partial charge in [0.2, 0.25) is 0 Å². The molecule has 0 fully saturated rings. The maximum atomic E-state index is 9.91. The molecular weight excluding hydrogens is 194 g/mol. The Morgan fingerprint density at radius 3 is 2.93 bits per heavy atom. The molecule has 15 heavy (non-hydrogen) atoms. The lowest BCUT2D eigenvalue weighted by atomic mass is 10.1. The highest BCUT2D eigenvalue weighted by molar-refractivity contribution is 5.27. The zero-order valence-electron chi connectivity index (χ0n) is 9.31. The second-order valence-electron chi connectivity index (χ2n) is 3.41. The second kappa shape index (κ2) is 5.72. The molecule has 86 valence electrons. The van der Waals surface area contributed by atoms with Crippen molar-refractivity contribution in [2.24, 2.45) is 5.73 Å². The van der Waals surface area contributed by atoms with Crippen molar-refractivity contribution < 1.29 is 9.84 Å². The highest BCUT2D eigenvalue weighted by Gasteiger charge is 2.18. The summed E-state index contributed by atoms with van der Waals surface area (Å²) in [6, 6.07) is 0. The molecule has 1 aromatic rings. The van der Waals surface area contributed by atoms with Crippen molar-refractivity contribution in [3.63, 3.8) is 0 Å². The number of methoxy groups -OCH3 is 1. The van der Waals surface area contributed by atoms with Gasteiger partial charge in [0.1, 0.15) is 11.8 Å². The molecule has 0 saturated heterocycles. The SMILES string of the molecule is CCCn1ncc(OC)c1C(O)CCN. The zero-order valence-corrected chi connectivity index (χ0v) is 9.31. The van der Waals surface area contributed by atoms with Crippen LogP contribution in [0.1, 0.15) is 31.6 Å². The third-order valence-corrected chi connectivity index (χ3v) is 2.26. The molecule has 0 aromatic carbocycles. The first kappa shape index (κ1) is 12.0. The van der Waals surface area contributed by atoms with Crippen LogP contribution in [0.3, 0.4) is 0 Å². The van der Waals surface area contributed by atoms with E-state index in [1.807, 2.05) is 0 Å². The first-order valence-electron chi connectivity index (χ1n) is 5.22. The van der Waals surface area contributed by atoms with E-state index in [-0.39, 0.29) is 0 Å². The number of ether oxygens (including phenoxy) is 1.